The molecule has 104 valence electrons. The molecule has 1 aliphatic rings. The molecule has 0 bridgehead atoms. The summed E-state index contributed by atoms with van der Waals surface area (Å²) < 4.78 is 0. The van der Waals surface area contributed by atoms with Crippen molar-refractivity contribution in [1.82, 2.24) is 5.32 Å². The Morgan fingerprint density at radius 3 is 2.79 bits per heavy atom. The predicted octanol–water partition coefficient (Wildman–Crippen LogP) is 2.92. The van der Waals surface area contributed by atoms with Crippen molar-refractivity contribution < 1.29 is 4.79 Å². The number of amides is 1. The summed E-state index contributed by atoms with van der Waals surface area (Å²) in [5.41, 5.74) is 2.25. The van der Waals surface area contributed by atoms with Crippen molar-refractivity contribution in [3.8, 4) is 0 Å². The van der Waals surface area contributed by atoms with Gasteiger partial charge in [0.15, 0.2) is 0 Å². The van der Waals surface area contributed by atoms with Crippen LogP contribution in [0.5, 0.6) is 0 Å². The second-order valence-corrected chi connectivity index (χ2v) is 6.36. The molecular weight excluding hydrogens is 236 g/mol. The molecule has 1 atom stereocenters. The van der Waals surface area contributed by atoms with Gasteiger partial charge in [-0.2, -0.15) is 0 Å². The predicted molar refractivity (Wildman–Crippen MR) is 79.4 cm³/mol. The summed E-state index contributed by atoms with van der Waals surface area (Å²) in [4.78, 5) is 12.2. The van der Waals surface area contributed by atoms with Crippen molar-refractivity contribution in [3.63, 3.8) is 0 Å². The minimum absolute atomic E-state index is 0.104. The van der Waals surface area contributed by atoms with E-state index in [1.807, 2.05) is 12.1 Å². The fourth-order valence-corrected chi connectivity index (χ4v) is 2.38. The Morgan fingerprint density at radius 1 is 1.37 bits per heavy atom. The molecule has 1 fully saturated rings. The lowest BCUT2D eigenvalue weighted by Gasteiger charge is -2.23. The summed E-state index contributed by atoms with van der Waals surface area (Å²) in [6.45, 7) is 8.37. The maximum Gasteiger partial charge on any atom is 0.228 e. The third kappa shape index (κ3) is 3.80. The van der Waals surface area contributed by atoms with Gasteiger partial charge in [0.2, 0.25) is 5.91 Å². The number of carbonyl (C=O) groups excluding carboxylic acids is 1. The van der Waals surface area contributed by atoms with Crippen molar-refractivity contribution in [1.29, 1.82) is 0 Å². The van der Waals surface area contributed by atoms with Gasteiger partial charge in [-0.15, -0.1) is 0 Å². The second kappa shape index (κ2) is 5.74. The Balaban J connectivity index is 2.04. The molecule has 2 rings (SSSR count). The van der Waals surface area contributed by atoms with Crippen LogP contribution in [-0.2, 0) is 10.2 Å². The number of nitrogens with one attached hydrogen (secondary N) is 2. The van der Waals surface area contributed by atoms with Crippen LogP contribution in [0.25, 0.3) is 0 Å². The zero-order valence-electron chi connectivity index (χ0n) is 12.1. The molecule has 1 aliphatic heterocycles. The van der Waals surface area contributed by atoms with Crippen LogP contribution in [0, 0.1) is 5.92 Å². The molecular formula is C16H24N2O. The van der Waals surface area contributed by atoms with E-state index < -0.39 is 0 Å². The first-order chi connectivity index (χ1) is 8.97. The summed E-state index contributed by atoms with van der Waals surface area (Å²) in [6, 6.07) is 8.16. The lowest BCUT2D eigenvalue weighted by Crippen LogP contribution is -2.37. The number of benzene rings is 1. The maximum atomic E-state index is 12.2. The van der Waals surface area contributed by atoms with Crippen LogP contribution >= 0.6 is 0 Å². The van der Waals surface area contributed by atoms with Gasteiger partial charge in [-0.05, 0) is 42.5 Å². The van der Waals surface area contributed by atoms with E-state index >= 15 is 0 Å². The number of hydrogen-bond acceptors (Lipinski definition) is 2. The van der Waals surface area contributed by atoms with Crippen molar-refractivity contribution in [2.75, 3.05) is 18.4 Å². The number of hydrogen-bond donors (Lipinski definition) is 2. The average Bonchev–Trinajstić information content (AvgIpc) is 2.39. The van der Waals surface area contributed by atoms with Crippen LogP contribution in [0.4, 0.5) is 5.69 Å². The smallest absolute Gasteiger partial charge is 0.228 e. The molecule has 1 amide bonds. The number of anilines is 1. The van der Waals surface area contributed by atoms with Gasteiger partial charge < -0.3 is 10.6 Å². The van der Waals surface area contributed by atoms with E-state index in [9.17, 15) is 4.79 Å². The van der Waals surface area contributed by atoms with E-state index in [0.29, 0.717) is 0 Å². The molecule has 1 unspecified atom stereocenters. The molecule has 3 heteroatoms. The van der Waals surface area contributed by atoms with E-state index in [4.69, 9.17) is 0 Å². The summed E-state index contributed by atoms with van der Waals surface area (Å²) in [7, 11) is 0. The van der Waals surface area contributed by atoms with Crippen molar-refractivity contribution in [2.45, 2.75) is 39.0 Å². The minimum Gasteiger partial charge on any atom is -0.326 e. The third-order valence-corrected chi connectivity index (χ3v) is 3.66. The van der Waals surface area contributed by atoms with E-state index in [1.165, 1.54) is 5.56 Å². The molecule has 0 aromatic heterocycles. The third-order valence-electron chi connectivity index (χ3n) is 3.66. The summed E-state index contributed by atoms with van der Waals surface area (Å²) in [5.74, 6) is 0.241. The zero-order chi connectivity index (χ0) is 13.9. The zero-order valence-corrected chi connectivity index (χ0v) is 12.1. The van der Waals surface area contributed by atoms with Crippen molar-refractivity contribution in [3.05, 3.63) is 29.8 Å². The standard InChI is InChI=1S/C16H24N2O/c1-16(2,3)13-7-4-8-14(10-13)18-15(19)12-6-5-9-17-11-12/h4,7-8,10,12,17H,5-6,9,11H2,1-3H3,(H,18,19). The average molecular weight is 260 g/mol. The normalized spacial score (nSPS) is 20.1. The fraction of sp³-hybridized carbons (Fsp3) is 0.562. The van der Waals surface area contributed by atoms with Crippen LogP contribution in [0.15, 0.2) is 24.3 Å². The molecule has 1 aromatic rings. The van der Waals surface area contributed by atoms with Crippen LogP contribution < -0.4 is 10.6 Å². The van der Waals surface area contributed by atoms with Gasteiger partial charge in [0.25, 0.3) is 0 Å². The van der Waals surface area contributed by atoms with Gasteiger partial charge in [-0.25, -0.2) is 0 Å². The molecule has 1 aromatic carbocycles. The van der Waals surface area contributed by atoms with Gasteiger partial charge in [-0.3, -0.25) is 4.79 Å². The molecule has 0 aliphatic carbocycles. The molecule has 2 N–H and O–H groups in total. The van der Waals surface area contributed by atoms with Gasteiger partial charge in [0.05, 0.1) is 5.92 Å². The summed E-state index contributed by atoms with van der Waals surface area (Å²) in [6.07, 6.45) is 2.07. The van der Waals surface area contributed by atoms with Crippen LogP contribution in [-0.4, -0.2) is 19.0 Å². The van der Waals surface area contributed by atoms with Gasteiger partial charge in [-0.1, -0.05) is 32.9 Å². The fourth-order valence-electron chi connectivity index (χ4n) is 2.38. The first kappa shape index (κ1) is 14.1. The molecule has 1 heterocycles. The molecule has 0 spiro atoms. The Labute approximate surface area is 115 Å². The number of rotatable bonds is 2. The van der Waals surface area contributed by atoms with E-state index in [-0.39, 0.29) is 17.2 Å². The lowest BCUT2D eigenvalue weighted by atomic mass is 9.87. The highest BCUT2D eigenvalue weighted by molar-refractivity contribution is 5.92. The molecule has 0 saturated carbocycles. The second-order valence-electron chi connectivity index (χ2n) is 6.36. The largest absolute Gasteiger partial charge is 0.326 e. The van der Waals surface area contributed by atoms with E-state index in [0.717, 1.165) is 31.6 Å². The Morgan fingerprint density at radius 2 is 2.16 bits per heavy atom. The Kier molecular flexibility index (Phi) is 4.25. The highest BCUT2D eigenvalue weighted by Gasteiger charge is 2.21. The molecule has 1 saturated heterocycles. The van der Waals surface area contributed by atoms with Crippen LogP contribution in [0.3, 0.4) is 0 Å². The number of carbonyl (C=O) groups is 1. The lowest BCUT2D eigenvalue weighted by molar-refractivity contribution is -0.120. The van der Waals surface area contributed by atoms with Gasteiger partial charge in [0.1, 0.15) is 0 Å². The van der Waals surface area contributed by atoms with Crippen molar-refractivity contribution >= 4 is 11.6 Å². The molecule has 3 nitrogen and oxygen atoms in total. The minimum atomic E-state index is 0.104. The molecule has 19 heavy (non-hydrogen) atoms. The highest BCUT2D eigenvalue weighted by Crippen LogP contribution is 2.25. The maximum absolute atomic E-state index is 12.2. The number of piperidine rings is 1. The van der Waals surface area contributed by atoms with Crippen LogP contribution in [0.2, 0.25) is 0 Å². The SMILES string of the molecule is CC(C)(C)c1cccc(NC(=O)C2CCCNC2)c1. The quantitative estimate of drug-likeness (QED) is 0.858. The van der Waals surface area contributed by atoms with Gasteiger partial charge >= 0.3 is 0 Å². The Bertz CT molecular complexity index is 442. The summed E-state index contributed by atoms with van der Waals surface area (Å²) >= 11 is 0. The monoisotopic (exact) mass is 260 g/mol. The topological polar surface area (TPSA) is 41.1 Å². The van der Waals surface area contributed by atoms with Crippen molar-refractivity contribution in [2.24, 2.45) is 5.92 Å². The first-order valence-corrected chi connectivity index (χ1v) is 7.09. The highest BCUT2D eigenvalue weighted by atomic mass is 16.1. The molecule has 0 radical (unpaired) electrons. The van der Waals surface area contributed by atoms with Crippen LogP contribution in [0.1, 0.15) is 39.2 Å². The summed E-state index contributed by atoms with van der Waals surface area (Å²) in [5, 5.41) is 6.32. The van der Waals surface area contributed by atoms with E-state index in [2.05, 4.69) is 43.5 Å². The van der Waals surface area contributed by atoms with Gasteiger partial charge in [0, 0.05) is 12.2 Å². The van der Waals surface area contributed by atoms with E-state index in [1.54, 1.807) is 0 Å². The first-order valence-electron chi connectivity index (χ1n) is 7.09. The Hall–Kier alpha value is -1.35.